The van der Waals surface area contributed by atoms with Crippen LogP contribution in [0.5, 0.6) is 0 Å². The van der Waals surface area contributed by atoms with Gasteiger partial charge in [0.1, 0.15) is 0 Å². The molecule has 0 aliphatic heterocycles. The van der Waals surface area contributed by atoms with Crippen molar-refractivity contribution in [3.05, 3.63) is 0 Å². The molecule has 0 saturated carbocycles. The fraction of sp³-hybridized carbons (Fsp3) is 1.00. The molecule has 6 nitrogen and oxygen atoms in total. The van der Waals surface area contributed by atoms with Gasteiger partial charge < -0.3 is 29.0 Å². The minimum atomic E-state index is 0.0536. The number of unbranched alkanes of at least 4 members (excludes halogenated alkanes) is 2. The summed E-state index contributed by atoms with van der Waals surface area (Å²) in [7, 11) is 0. The van der Waals surface area contributed by atoms with E-state index in [0.717, 1.165) is 13.2 Å². The fourth-order valence-corrected chi connectivity index (χ4v) is 2.12. The van der Waals surface area contributed by atoms with Gasteiger partial charge in [-0.05, 0) is 25.9 Å². The van der Waals surface area contributed by atoms with Crippen molar-refractivity contribution in [2.75, 3.05) is 79.1 Å². The average molecular weight is 350 g/mol. The van der Waals surface area contributed by atoms with Crippen LogP contribution in [0.2, 0.25) is 0 Å². The van der Waals surface area contributed by atoms with Gasteiger partial charge >= 0.3 is 0 Å². The second-order valence-corrected chi connectivity index (χ2v) is 5.72. The van der Waals surface area contributed by atoms with Gasteiger partial charge in [-0.1, -0.05) is 26.7 Å². The molecule has 0 aromatic rings. The van der Waals surface area contributed by atoms with Crippen molar-refractivity contribution < 1.29 is 24.1 Å². The molecule has 0 fully saturated rings. The predicted molar refractivity (Wildman–Crippen MR) is 96.6 cm³/mol. The first kappa shape index (κ1) is 23.8. The second kappa shape index (κ2) is 20.8. The van der Waals surface area contributed by atoms with Crippen molar-refractivity contribution in [1.29, 1.82) is 0 Å². The van der Waals surface area contributed by atoms with Gasteiger partial charge in [-0.25, -0.2) is 0 Å². The molecule has 146 valence electrons. The summed E-state index contributed by atoms with van der Waals surface area (Å²) < 4.78 is 21.5. The van der Waals surface area contributed by atoms with Gasteiger partial charge in [0.2, 0.25) is 0 Å². The fourth-order valence-electron chi connectivity index (χ4n) is 2.12. The lowest BCUT2D eigenvalue weighted by Gasteiger charge is -2.21. The van der Waals surface area contributed by atoms with Crippen molar-refractivity contribution in [2.24, 2.45) is 0 Å². The Morgan fingerprint density at radius 3 is 1.42 bits per heavy atom. The van der Waals surface area contributed by atoms with Crippen LogP contribution < -0.4 is 0 Å². The van der Waals surface area contributed by atoms with Gasteiger partial charge in [0.25, 0.3) is 0 Å². The lowest BCUT2D eigenvalue weighted by Crippen LogP contribution is -2.30. The number of rotatable bonds is 20. The Hall–Kier alpha value is -0.240. The number of ether oxygens (including phenoxy) is 4. The molecule has 0 unspecified atom stereocenters. The smallest absolute Gasteiger partial charge is 0.0701 e. The van der Waals surface area contributed by atoms with Crippen LogP contribution in [0.4, 0.5) is 0 Å². The number of hydrogen-bond acceptors (Lipinski definition) is 6. The number of hydrogen-bond donors (Lipinski definition) is 1. The first-order chi connectivity index (χ1) is 11.8. The lowest BCUT2D eigenvalue weighted by atomic mass is 10.2. The monoisotopic (exact) mass is 349 g/mol. The summed E-state index contributed by atoms with van der Waals surface area (Å²) in [4.78, 5) is 2.50. The van der Waals surface area contributed by atoms with E-state index in [4.69, 9.17) is 24.1 Å². The Balaban J connectivity index is 3.29. The quantitative estimate of drug-likeness (QED) is 0.339. The molecular formula is C18H39NO5. The highest BCUT2D eigenvalue weighted by atomic mass is 16.6. The minimum absolute atomic E-state index is 0.0536. The summed E-state index contributed by atoms with van der Waals surface area (Å²) in [5, 5.41) is 8.53. The summed E-state index contributed by atoms with van der Waals surface area (Å²) in [6.07, 6.45) is 5.01. The van der Waals surface area contributed by atoms with Gasteiger partial charge in [-0.2, -0.15) is 0 Å². The second-order valence-electron chi connectivity index (χ2n) is 5.72. The predicted octanol–water partition coefficient (Wildman–Crippen LogP) is 1.95. The molecule has 0 bridgehead atoms. The van der Waals surface area contributed by atoms with Gasteiger partial charge in [-0.3, -0.25) is 0 Å². The zero-order valence-corrected chi connectivity index (χ0v) is 15.8. The molecular weight excluding hydrogens is 310 g/mol. The molecule has 0 aromatic heterocycles. The summed E-state index contributed by atoms with van der Waals surface area (Å²) >= 11 is 0. The van der Waals surface area contributed by atoms with Crippen LogP contribution in [0, 0.1) is 0 Å². The van der Waals surface area contributed by atoms with E-state index < -0.39 is 0 Å². The van der Waals surface area contributed by atoms with E-state index in [1.54, 1.807) is 0 Å². The van der Waals surface area contributed by atoms with Gasteiger partial charge in [-0.15, -0.1) is 0 Å². The lowest BCUT2D eigenvalue weighted by molar-refractivity contribution is -0.00723. The molecule has 0 radical (unpaired) electrons. The van der Waals surface area contributed by atoms with Crippen LogP contribution in [-0.2, 0) is 18.9 Å². The van der Waals surface area contributed by atoms with Crippen LogP contribution in [0.1, 0.15) is 39.5 Å². The van der Waals surface area contributed by atoms with E-state index in [1.165, 1.54) is 38.8 Å². The van der Waals surface area contributed by atoms with Crippen LogP contribution in [-0.4, -0.2) is 89.1 Å². The summed E-state index contributed by atoms with van der Waals surface area (Å²) in [5.74, 6) is 0. The summed E-state index contributed by atoms with van der Waals surface area (Å²) in [6, 6.07) is 0. The van der Waals surface area contributed by atoms with Crippen molar-refractivity contribution in [3.8, 4) is 0 Å². The van der Waals surface area contributed by atoms with Crippen molar-refractivity contribution >= 4 is 0 Å². The van der Waals surface area contributed by atoms with E-state index in [-0.39, 0.29) is 6.61 Å². The Labute approximate surface area is 148 Å². The van der Waals surface area contributed by atoms with Gasteiger partial charge in [0.15, 0.2) is 0 Å². The van der Waals surface area contributed by atoms with Crippen LogP contribution >= 0.6 is 0 Å². The standard InChI is InChI=1S/C18H39NO5/c1-3-5-7-19(8-6-4-2)9-11-21-13-15-23-17-18-24-16-14-22-12-10-20/h20H,3-18H2,1-2H3. The first-order valence-corrected chi connectivity index (χ1v) is 9.49. The number of nitrogens with zero attached hydrogens (tertiary/aromatic N) is 1. The van der Waals surface area contributed by atoms with Gasteiger partial charge in [0.05, 0.1) is 59.5 Å². The Morgan fingerprint density at radius 2 is 1.00 bits per heavy atom. The van der Waals surface area contributed by atoms with Crippen molar-refractivity contribution in [3.63, 3.8) is 0 Å². The zero-order chi connectivity index (χ0) is 17.7. The molecule has 0 atom stereocenters. The largest absolute Gasteiger partial charge is 0.394 e. The van der Waals surface area contributed by atoms with Crippen molar-refractivity contribution in [1.82, 2.24) is 4.90 Å². The molecule has 0 aromatic carbocycles. The third-order valence-electron chi connectivity index (χ3n) is 3.56. The number of aliphatic hydroxyl groups excluding tert-OH is 1. The molecule has 1 N–H and O–H groups in total. The molecule has 0 saturated heterocycles. The van der Waals surface area contributed by atoms with Crippen LogP contribution in [0.15, 0.2) is 0 Å². The molecule has 0 aliphatic carbocycles. The van der Waals surface area contributed by atoms with E-state index >= 15 is 0 Å². The molecule has 0 aliphatic rings. The van der Waals surface area contributed by atoms with Crippen molar-refractivity contribution in [2.45, 2.75) is 39.5 Å². The maximum Gasteiger partial charge on any atom is 0.0701 e. The molecule has 0 rings (SSSR count). The average Bonchev–Trinajstić information content (AvgIpc) is 2.60. The highest BCUT2D eigenvalue weighted by Gasteiger charge is 2.03. The normalized spacial score (nSPS) is 11.5. The number of aliphatic hydroxyl groups is 1. The van der Waals surface area contributed by atoms with E-state index in [9.17, 15) is 0 Å². The minimum Gasteiger partial charge on any atom is -0.394 e. The summed E-state index contributed by atoms with van der Waals surface area (Å²) in [5.41, 5.74) is 0. The van der Waals surface area contributed by atoms with Crippen LogP contribution in [0.3, 0.4) is 0 Å². The third-order valence-corrected chi connectivity index (χ3v) is 3.56. The third kappa shape index (κ3) is 18.1. The Kier molecular flexibility index (Phi) is 20.6. The van der Waals surface area contributed by atoms with E-state index in [0.29, 0.717) is 46.2 Å². The highest BCUT2D eigenvalue weighted by molar-refractivity contribution is 4.57. The molecule has 6 heteroatoms. The maximum absolute atomic E-state index is 8.53. The maximum atomic E-state index is 8.53. The molecule has 0 heterocycles. The van der Waals surface area contributed by atoms with Gasteiger partial charge in [0, 0.05) is 6.54 Å². The molecule has 24 heavy (non-hydrogen) atoms. The van der Waals surface area contributed by atoms with Crippen LogP contribution in [0.25, 0.3) is 0 Å². The van der Waals surface area contributed by atoms with E-state index in [1.807, 2.05) is 0 Å². The first-order valence-electron chi connectivity index (χ1n) is 9.49. The topological polar surface area (TPSA) is 60.4 Å². The Morgan fingerprint density at radius 1 is 0.583 bits per heavy atom. The molecule has 0 spiro atoms. The van der Waals surface area contributed by atoms with E-state index in [2.05, 4.69) is 18.7 Å². The zero-order valence-electron chi connectivity index (χ0n) is 15.8. The summed E-state index contributed by atoms with van der Waals surface area (Å²) in [6.45, 7) is 12.4. The Bertz CT molecular complexity index is 223. The molecule has 0 amide bonds. The SMILES string of the molecule is CCCCN(CCCC)CCOCCOCCOCCOCCO. The highest BCUT2D eigenvalue weighted by Crippen LogP contribution is 1.99.